The summed E-state index contributed by atoms with van der Waals surface area (Å²) in [6.07, 6.45) is -10.8. The number of hydrogen-bond acceptors (Lipinski definition) is 1. The van der Waals surface area contributed by atoms with Gasteiger partial charge >= 0.3 is 17.9 Å². The van der Waals surface area contributed by atoms with Crippen LogP contribution in [0.2, 0.25) is 0 Å². The Labute approximate surface area is 118 Å². The topological polar surface area (TPSA) is 0 Å². The van der Waals surface area contributed by atoms with Gasteiger partial charge in [-0.15, -0.1) is 0 Å². The summed E-state index contributed by atoms with van der Waals surface area (Å²) in [7, 11) is 0. The number of halogens is 10. The van der Waals surface area contributed by atoms with Crippen LogP contribution in [-0.4, -0.2) is 5.51 Å². The summed E-state index contributed by atoms with van der Waals surface area (Å²) in [4.78, 5) is -1.00. The molecule has 0 N–H and O–H groups in total. The number of alkyl halides is 9. The first-order valence-corrected chi connectivity index (χ1v) is 6.06. The van der Waals surface area contributed by atoms with Crippen LogP contribution in [0.15, 0.2) is 21.5 Å². The molecule has 0 aliphatic heterocycles. The second kappa shape index (κ2) is 5.32. The maximum Gasteiger partial charge on any atom is 0.446 e. The van der Waals surface area contributed by atoms with Gasteiger partial charge in [-0.2, -0.15) is 39.5 Å². The Bertz CT molecular complexity index is 500. The minimum Gasteiger partial charge on any atom is -0.166 e. The van der Waals surface area contributed by atoms with Gasteiger partial charge in [0.15, 0.2) is 0 Å². The molecule has 0 aliphatic carbocycles. The minimum atomic E-state index is -5.42. The summed E-state index contributed by atoms with van der Waals surface area (Å²) >= 11 is 1.47. The molecule has 0 nitrogen and oxygen atoms in total. The van der Waals surface area contributed by atoms with E-state index in [0.29, 0.717) is 0 Å². The third-order valence-electron chi connectivity index (χ3n) is 1.91. The maximum atomic E-state index is 12.5. The third kappa shape index (κ3) is 4.47. The Kier molecular flexibility index (Phi) is 4.65. The van der Waals surface area contributed by atoms with Gasteiger partial charge in [0.25, 0.3) is 0 Å². The van der Waals surface area contributed by atoms with Crippen molar-refractivity contribution in [1.82, 2.24) is 0 Å². The van der Waals surface area contributed by atoms with E-state index in [2.05, 4.69) is 15.9 Å². The lowest BCUT2D eigenvalue weighted by atomic mass is 10.1. The van der Waals surface area contributed by atoms with Gasteiger partial charge < -0.3 is 0 Å². The van der Waals surface area contributed by atoms with E-state index in [4.69, 9.17) is 0 Å². The molecule has 0 heterocycles. The number of hydrogen-bond donors (Lipinski definition) is 0. The molecular weight excluding hydrogens is 391 g/mol. The molecule has 20 heavy (non-hydrogen) atoms. The van der Waals surface area contributed by atoms with Crippen molar-refractivity contribution in [3.05, 3.63) is 27.7 Å². The summed E-state index contributed by atoms with van der Waals surface area (Å²) < 4.78 is 111. The van der Waals surface area contributed by atoms with E-state index in [1.807, 2.05) is 0 Å². The molecule has 1 aromatic rings. The molecule has 0 saturated carbocycles. The number of rotatable bonds is 1. The highest BCUT2D eigenvalue weighted by atomic mass is 79.9. The highest BCUT2D eigenvalue weighted by Gasteiger charge is 2.44. The molecule has 114 valence electrons. The first kappa shape index (κ1) is 17.5. The van der Waals surface area contributed by atoms with Gasteiger partial charge in [-0.25, -0.2) is 0 Å². The van der Waals surface area contributed by atoms with E-state index in [1.165, 1.54) is 0 Å². The fourth-order valence-electron chi connectivity index (χ4n) is 1.23. The average molecular weight is 393 g/mol. The fraction of sp³-hybridized carbons (Fsp3) is 0.333. The van der Waals surface area contributed by atoms with E-state index >= 15 is 0 Å². The molecule has 1 rings (SSSR count). The van der Waals surface area contributed by atoms with Crippen molar-refractivity contribution in [2.45, 2.75) is 22.8 Å². The summed E-state index contributed by atoms with van der Waals surface area (Å²) in [5.74, 6) is 0. The standard InChI is InChI=1S/C9H2BrF9S/c10-5-1-3(7(11,12)13)4(8(14,15)16)2-6(5)20-9(17,18)19/h1-2H. The van der Waals surface area contributed by atoms with Gasteiger partial charge in [-0.05, 0) is 39.8 Å². The molecule has 0 atom stereocenters. The van der Waals surface area contributed by atoms with Crippen LogP contribution >= 0.6 is 27.7 Å². The Balaban J connectivity index is 3.49. The van der Waals surface area contributed by atoms with E-state index in [0.717, 1.165) is 0 Å². The van der Waals surface area contributed by atoms with E-state index in [-0.39, 0.29) is 12.1 Å². The van der Waals surface area contributed by atoms with Crippen molar-refractivity contribution in [2.75, 3.05) is 0 Å². The molecule has 0 bridgehead atoms. The molecule has 1 aromatic carbocycles. The van der Waals surface area contributed by atoms with Crippen molar-refractivity contribution in [3.8, 4) is 0 Å². The zero-order valence-corrected chi connectivity index (χ0v) is 11.2. The molecule has 0 saturated heterocycles. The third-order valence-corrected chi connectivity index (χ3v) is 3.62. The molecule has 0 spiro atoms. The molecule has 0 aliphatic rings. The summed E-state index contributed by atoms with van der Waals surface area (Å²) in [6, 6.07) is -0.192. The van der Waals surface area contributed by atoms with Crippen LogP contribution in [0.4, 0.5) is 39.5 Å². The molecular formula is C9H2BrF9S. The second-order valence-corrected chi connectivity index (χ2v) is 5.33. The van der Waals surface area contributed by atoms with Crippen LogP contribution in [0, 0.1) is 0 Å². The Morgan fingerprint density at radius 1 is 0.750 bits per heavy atom. The van der Waals surface area contributed by atoms with Gasteiger partial charge in [0.2, 0.25) is 0 Å². The molecule has 0 radical (unpaired) electrons. The van der Waals surface area contributed by atoms with Crippen molar-refractivity contribution in [1.29, 1.82) is 0 Å². The highest BCUT2D eigenvalue weighted by molar-refractivity contribution is 9.10. The average Bonchev–Trinajstić information content (AvgIpc) is 2.15. The van der Waals surface area contributed by atoms with Gasteiger partial charge in [0, 0.05) is 9.37 Å². The minimum absolute atomic E-state index is 0.0170. The van der Waals surface area contributed by atoms with Gasteiger partial charge in [-0.3, -0.25) is 0 Å². The van der Waals surface area contributed by atoms with Crippen molar-refractivity contribution < 1.29 is 39.5 Å². The molecule has 0 unspecified atom stereocenters. The Morgan fingerprint density at radius 3 is 1.50 bits per heavy atom. The molecule has 0 amide bonds. The Hall–Kier alpha value is -0.580. The molecule has 0 fully saturated rings. The quantitative estimate of drug-likeness (QED) is 0.411. The predicted octanol–water partition coefficient (Wildman–Crippen LogP) is 6.10. The zero-order valence-electron chi connectivity index (χ0n) is 8.84. The highest BCUT2D eigenvalue weighted by Crippen LogP contribution is 2.47. The fourth-order valence-corrected chi connectivity index (χ4v) is 2.39. The lowest BCUT2D eigenvalue weighted by molar-refractivity contribution is -0.162. The SMILES string of the molecule is FC(F)(F)Sc1cc(C(F)(F)F)c(C(F)(F)F)cc1Br. The molecule has 11 heteroatoms. The van der Waals surface area contributed by atoms with Crippen molar-refractivity contribution in [3.63, 3.8) is 0 Å². The number of thioether (sulfide) groups is 1. The summed E-state index contributed by atoms with van der Waals surface area (Å²) in [5.41, 5.74) is -9.14. The largest absolute Gasteiger partial charge is 0.446 e. The first-order valence-electron chi connectivity index (χ1n) is 4.45. The van der Waals surface area contributed by atoms with Crippen LogP contribution in [0.3, 0.4) is 0 Å². The predicted molar refractivity (Wildman–Crippen MR) is 56.1 cm³/mol. The van der Waals surface area contributed by atoms with Crippen LogP contribution in [0.5, 0.6) is 0 Å². The lowest BCUT2D eigenvalue weighted by Gasteiger charge is -2.18. The van der Waals surface area contributed by atoms with E-state index in [1.54, 1.807) is 0 Å². The number of benzene rings is 1. The monoisotopic (exact) mass is 392 g/mol. The van der Waals surface area contributed by atoms with Crippen LogP contribution < -0.4 is 0 Å². The zero-order chi connectivity index (χ0) is 15.9. The van der Waals surface area contributed by atoms with Gasteiger partial charge in [-0.1, -0.05) is 0 Å². The van der Waals surface area contributed by atoms with Crippen LogP contribution in [0.1, 0.15) is 11.1 Å². The van der Waals surface area contributed by atoms with Crippen molar-refractivity contribution in [2.24, 2.45) is 0 Å². The second-order valence-electron chi connectivity index (χ2n) is 3.37. The van der Waals surface area contributed by atoms with E-state index < -0.39 is 50.1 Å². The summed E-state index contributed by atoms with van der Waals surface area (Å²) in [5, 5.41) is 0. The van der Waals surface area contributed by atoms with Crippen LogP contribution in [0.25, 0.3) is 0 Å². The van der Waals surface area contributed by atoms with Crippen LogP contribution in [-0.2, 0) is 12.4 Å². The maximum absolute atomic E-state index is 12.5. The molecule has 0 aromatic heterocycles. The van der Waals surface area contributed by atoms with E-state index in [9.17, 15) is 39.5 Å². The first-order chi connectivity index (χ1) is 8.72. The lowest BCUT2D eigenvalue weighted by Crippen LogP contribution is -2.17. The van der Waals surface area contributed by atoms with Gasteiger partial charge in [0.1, 0.15) is 0 Å². The normalized spacial score (nSPS) is 13.7. The smallest absolute Gasteiger partial charge is 0.166 e. The summed E-state index contributed by atoms with van der Waals surface area (Å²) in [6.45, 7) is 0. The van der Waals surface area contributed by atoms with Gasteiger partial charge in [0.05, 0.1) is 11.1 Å². The Morgan fingerprint density at radius 2 is 1.15 bits per heavy atom. The van der Waals surface area contributed by atoms with Crippen molar-refractivity contribution >= 4 is 27.7 Å².